The SMILES string of the molecule is COc1ccc(Sc2nc3c(N)ncnc3n2C2OC3COP(=O)(O)OC3C2O)cc1. The van der Waals surface area contributed by atoms with Gasteiger partial charge in [0.25, 0.3) is 0 Å². The highest BCUT2D eigenvalue weighted by molar-refractivity contribution is 7.99. The Morgan fingerprint density at radius 2 is 2.10 bits per heavy atom. The molecule has 4 N–H and O–H groups in total. The number of phosphoric acid groups is 1. The van der Waals surface area contributed by atoms with Crippen molar-refractivity contribution in [3.05, 3.63) is 30.6 Å². The normalized spacial score (nSPS) is 30.4. The maximum absolute atomic E-state index is 11.8. The Morgan fingerprint density at radius 1 is 1.32 bits per heavy atom. The molecular weight excluding hydrogens is 449 g/mol. The van der Waals surface area contributed by atoms with Crippen molar-refractivity contribution in [1.29, 1.82) is 0 Å². The van der Waals surface area contributed by atoms with Gasteiger partial charge in [0, 0.05) is 4.90 Å². The molecule has 2 fully saturated rings. The number of imidazole rings is 1. The number of hydrogen-bond donors (Lipinski definition) is 3. The first-order valence-electron chi connectivity index (χ1n) is 9.16. The van der Waals surface area contributed by atoms with E-state index in [4.69, 9.17) is 24.3 Å². The van der Waals surface area contributed by atoms with Crippen molar-refractivity contribution < 1.29 is 33.1 Å². The third-order valence-electron chi connectivity index (χ3n) is 4.96. The topological polar surface area (TPSA) is 164 Å². The number of ether oxygens (including phenoxy) is 2. The molecule has 2 aliphatic heterocycles. The van der Waals surface area contributed by atoms with Gasteiger partial charge in [-0.3, -0.25) is 13.6 Å². The van der Waals surface area contributed by atoms with Gasteiger partial charge in [0.15, 0.2) is 28.4 Å². The van der Waals surface area contributed by atoms with Crippen LogP contribution in [-0.2, 0) is 18.3 Å². The second-order valence-corrected chi connectivity index (χ2v) is 9.31. The molecule has 12 nitrogen and oxygen atoms in total. The molecule has 2 aliphatic rings. The standard InChI is InChI=1S/C17H18N5O7PS/c1-26-8-2-4-9(5-3-8)31-17-21-11-14(18)19-7-20-15(11)22(17)16-12(23)13-10(28-16)6-27-30(24,25)29-13/h2-5,7,10,12-13,16,23H,6H2,1H3,(H,24,25)(H2,18,19,20). The number of phosphoric ester groups is 1. The lowest BCUT2D eigenvalue weighted by Gasteiger charge is -2.27. The van der Waals surface area contributed by atoms with Gasteiger partial charge in [-0.15, -0.1) is 0 Å². The van der Waals surface area contributed by atoms with Gasteiger partial charge in [0.1, 0.15) is 30.4 Å². The van der Waals surface area contributed by atoms with Crippen LogP contribution >= 0.6 is 19.6 Å². The van der Waals surface area contributed by atoms with E-state index in [-0.39, 0.29) is 12.4 Å². The molecule has 0 saturated carbocycles. The van der Waals surface area contributed by atoms with Crippen LogP contribution in [0.15, 0.2) is 40.6 Å². The molecule has 164 valence electrons. The van der Waals surface area contributed by atoms with Crippen LogP contribution in [0.1, 0.15) is 6.23 Å². The van der Waals surface area contributed by atoms with E-state index in [0.717, 1.165) is 4.90 Å². The van der Waals surface area contributed by atoms with Crippen LogP contribution < -0.4 is 10.5 Å². The summed E-state index contributed by atoms with van der Waals surface area (Å²) in [5, 5.41) is 11.3. The minimum absolute atomic E-state index is 0.171. The summed E-state index contributed by atoms with van der Waals surface area (Å²) in [5.74, 6) is 0.877. The lowest BCUT2D eigenvalue weighted by atomic mass is 10.1. The van der Waals surface area contributed by atoms with Crippen molar-refractivity contribution in [3.8, 4) is 5.75 Å². The summed E-state index contributed by atoms with van der Waals surface area (Å²) in [7, 11) is -2.67. The average Bonchev–Trinajstić information content (AvgIpc) is 3.26. The molecule has 0 radical (unpaired) electrons. The number of methoxy groups -OCH3 is 1. The van der Waals surface area contributed by atoms with Gasteiger partial charge in [-0.05, 0) is 24.3 Å². The van der Waals surface area contributed by atoms with Crippen molar-refractivity contribution in [2.45, 2.75) is 34.6 Å². The fourth-order valence-electron chi connectivity index (χ4n) is 3.51. The van der Waals surface area contributed by atoms with E-state index in [1.54, 1.807) is 11.7 Å². The van der Waals surface area contributed by atoms with Gasteiger partial charge in [0.2, 0.25) is 0 Å². The van der Waals surface area contributed by atoms with Crippen LogP contribution in [0.2, 0.25) is 0 Å². The molecule has 31 heavy (non-hydrogen) atoms. The Labute approximate surface area is 179 Å². The summed E-state index contributed by atoms with van der Waals surface area (Å²) >= 11 is 1.30. The van der Waals surface area contributed by atoms with E-state index in [2.05, 4.69) is 15.0 Å². The van der Waals surface area contributed by atoms with Crippen molar-refractivity contribution in [3.63, 3.8) is 0 Å². The van der Waals surface area contributed by atoms with E-state index in [1.165, 1.54) is 18.1 Å². The number of hydrogen-bond acceptors (Lipinski definition) is 11. The van der Waals surface area contributed by atoms with Gasteiger partial charge in [-0.1, -0.05) is 11.8 Å². The van der Waals surface area contributed by atoms with E-state index in [1.807, 2.05) is 24.3 Å². The second-order valence-electron chi connectivity index (χ2n) is 6.86. The molecule has 3 aromatic rings. The third-order valence-corrected chi connectivity index (χ3v) is 6.93. The number of fused-ring (bicyclic) bond motifs is 2. The monoisotopic (exact) mass is 467 g/mol. The Balaban J connectivity index is 1.56. The zero-order valence-electron chi connectivity index (χ0n) is 16.1. The number of anilines is 1. The van der Waals surface area contributed by atoms with Crippen molar-refractivity contribution in [1.82, 2.24) is 19.5 Å². The lowest BCUT2D eigenvalue weighted by molar-refractivity contribution is -0.0684. The van der Waals surface area contributed by atoms with Gasteiger partial charge in [-0.25, -0.2) is 19.5 Å². The molecule has 5 unspecified atom stereocenters. The summed E-state index contributed by atoms with van der Waals surface area (Å²) in [4.78, 5) is 23.3. The molecule has 5 atom stereocenters. The highest BCUT2D eigenvalue weighted by atomic mass is 32.2. The predicted molar refractivity (Wildman–Crippen MR) is 107 cm³/mol. The van der Waals surface area contributed by atoms with Crippen LogP contribution in [0.4, 0.5) is 5.82 Å². The molecule has 14 heteroatoms. The first-order chi connectivity index (χ1) is 14.9. The van der Waals surface area contributed by atoms with Crippen molar-refractivity contribution in [2.75, 3.05) is 19.5 Å². The molecule has 2 saturated heterocycles. The van der Waals surface area contributed by atoms with E-state index < -0.39 is 32.4 Å². The summed E-state index contributed by atoms with van der Waals surface area (Å²) in [6.07, 6.45) is -2.79. The summed E-state index contributed by atoms with van der Waals surface area (Å²) in [6.45, 7) is -0.198. The highest BCUT2D eigenvalue weighted by Crippen LogP contribution is 2.53. The van der Waals surface area contributed by atoms with E-state index in [9.17, 15) is 14.6 Å². The second kappa shape index (κ2) is 7.71. The lowest BCUT2D eigenvalue weighted by Crippen LogP contribution is -2.39. The number of benzene rings is 1. The number of aliphatic hydroxyl groups excluding tert-OH is 1. The number of aromatic nitrogens is 4. The van der Waals surface area contributed by atoms with Crippen molar-refractivity contribution in [2.24, 2.45) is 0 Å². The van der Waals surface area contributed by atoms with Gasteiger partial charge in [0.05, 0.1) is 13.7 Å². The first kappa shape index (κ1) is 20.6. The average molecular weight is 467 g/mol. The number of rotatable bonds is 4. The molecule has 0 amide bonds. The molecule has 4 heterocycles. The zero-order valence-corrected chi connectivity index (χ0v) is 17.8. The van der Waals surface area contributed by atoms with Crippen molar-refractivity contribution >= 4 is 36.6 Å². The van der Waals surface area contributed by atoms with E-state index >= 15 is 0 Å². The fourth-order valence-corrected chi connectivity index (χ4v) is 5.38. The number of nitrogens with two attached hydrogens (primary N) is 1. The zero-order chi connectivity index (χ0) is 21.8. The maximum Gasteiger partial charge on any atom is 0.472 e. The molecule has 0 bridgehead atoms. The fraction of sp³-hybridized carbons (Fsp3) is 0.353. The highest BCUT2D eigenvalue weighted by Gasteiger charge is 2.53. The first-order valence-corrected chi connectivity index (χ1v) is 11.5. The minimum Gasteiger partial charge on any atom is -0.497 e. The van der Waals surface area contributed by atoms with Gasteiger partial charge < -0.3 is 25.2 Å². The number of nitrogen functional groups attached to an aromatic ring is 1. The summed E-state index contributed by atoms with van der Waals surface area (Å²) < 4.78 is 34.4. The summed E-state index contributed by atoms with van der Waals surface area (Å²) in [6, 6.07) is 7.33. The number of aliphatic hydroxyl groups is 1. The molecule has 2 aromatic heterocycles. The van der Waals surface area contributed by atoms with Gasteiger partial charge in [-0.2, -0.15) is 0 Å². The van der Waals surface area contributed by atoms with E-state index in [0.29, 0.717) is 22.1 Å². The third kappa shape index (κ3) is 3.68. The van der Waals surface area contributed by atoms with Crippen LogP contribution in [0.25, 0.3) is 11.2 Å². The Bertz CT molecular complexity index is 1180. The Morgan fingerprint density at radius 3 is 2.84 bits per heavy atom. The van der Waals surface area contributed by atoms with Gasteiger partial charge >= 0.3 is 7.82 Å². The van der Waals surface area contributed by atoms with Crippen LogP contribution in [0.5, 0.6) is 5.75 Å². The molecular formula is C17H18N5O7PS. The minimum atomic E-state index is -4.26. The van der Waals surface area contributed by atoms with Crippen LogP contribution in [0, 0.1) is 0 Å². The summed E-state index contributed by atoms with van der Waals surface area (Å²) in [5.41, 5.74) is 6.67. The number of nitrogens with zero attached hydrogens (tertiary/aromatic N) is 4. The molecule has 0 aliphatic carbocycles. The molecule has 1 aromatic carbocycles. The molecule has 0 spiro atoms. The van der Waals surface area contributed by atoms with Crippen LogP contribution in [-0.4, -0.2) is 61.5 Å². The largest absolute Gasteiger partial charge is 0.497 e. The predicted octanol–water partition coefficient (Wildman–Crippen LogP) is 1.34. The van der Waals surface area contributed by atoms with Crippen LogP contribution in [0.3, 0.4) is 0 Å². The Hall–Kier alpha value is -2.25. The maximum atomic E-state index is 11.8. The molecule has 5 rings (SSSR count). The Kier molecular flexibility index (Phi) is 5.13. The smallest absolute Gasteiger partial charge is 0.472 e. The quantitative estimate of drug-likeness (QED) is 0.472.